The minimum atomic E-state index is -0.178. The van der Waals surface area contributed by atoms with E-state index in [9.17, 15) is 4.79 Å². The van der Waals surface area contributed by atoms with E-state index in [0.29, 0.717) is 33.0 Å². The normalized spacial score (nSPS) is 10.5. The summed E-state index contributed by atoms with van der Waals surface area (Å²) in [6.07, 6.45) is 0. The maximum Gasteiger partial charge on any atom is 0.234 e. The van der Waals surface area contributed by atoms with Crippen molar-refractivity contribution in [1.29, 1.82) is 5.26 Å². The second kappa shape index (κ2) is 10.9. The highest BCUT2D eigenvalue weighted by Gasteiger charge is 2.17. The fourth-order valence-electron chi connectivity index (χ4n) is 3.10. The van der Waals surface area contributed by atoms with Gasteiger partial charge in [0.25, 0.3) is 0 Å². The Morgan fingerprint density at radius 1 is 1.12 bits per heavy atom. The fourth-order valence-corrected chi connectivity index (χ4v) is 4.05. The SMILES string of the molecule is Cc1ccc(NC(=O)CSc2nnc(COc3ccc(C#N)cc3)n2-c2ccccc2)cc1Cl. The highest BCUT2D eigenvalue weighted by atomic mass is 35.5. The van der Waals surface area contributed by atoms with Crippen LogP contribution in [0.4, 0.5) is 5.69 Å². The average molecular weight is 490 g/mol. The van der Waals surface area contributed by atoms with Gasteiger partial charge in [-0.05, 0) is 61.0 Å². The number of ether oxygens (including phenoxy) is 1. The van der Waals surface area contributed by atoms with Crippen molar-refractivity contribution in [2.75, 3.05) is 11.1 Å². The number of benzene rings is 3. The van der Waals surface area contributed by atoms with E-state index in [2.05, 4.69) is 21.6 Å². The van der Waals surface area contributed by atoms with E-state index in [-0.39, 0.29) is 18.3 Å². The molecule has 4 rings (SSSR count). The van der Waals surface area contributed by atoms with Crippen LogP contribution in [0, 0.1) is 18.3 Å². The maximum atomic E-state index is 12.5. The first-order valence-corrected chi connectivity index (χ1v) is 11.7. The quantitative estimate of drug-likeness (QED) is 0.332. The van der Waals surface area contributed by atoms with Crippen molar-refractivity contribution in [3.05, 3.63) is 94.8 Å². The van der Waals surface area contributed by atoms with Crippen molar-refractivity contribution >= 4 is 35.0 Å². The van der Waals surface area contributed by atoms with Crippen molar-refractivity contribution in [1.82, 2.24) is 14.8 Å². The molecule has 0 aliphatic carbocycles. The Balaban J connectivity index is 1.48. The molecule has 0 radical (unpaired) electrons. The van der Waals surface area contributed by atoms with E-state index in [1.807, 2.05) is 54.0 Å². The number of halogens is 1. The molecule has 1 aromatic heterocycles. The zero-order valence-electron chi connectivity index (χ0n) is 18.2. The lowest BCUT2D eigenvalue weighted by Crippen LogP contribution is -2.15. The van der Waals surface area contributed by atoms with Crippen molar-refractivity contribution in [3.63, 3.8) is 0 Å². The molecule has 0 atom stereocenters. The molecule has 7 nitrogen and oxygen atoms in total. The molecule has 9 heteroatoms. The number of rotatable bonds is 8. The van der Waals surface area contributed by atoms with Crippen LogP contribution in [0.15, 0.2) is 78.0 Å². The van der Waals surface area contributed by atoms with Gasteiger partial charge in [-0.1, -0.05) is 47.6 Å². The Kier molecular flexibility index (Phi) is 7.48. The van der Waals surface area contributed by atoms with Crippen molar-refractivity contribution in [2.24, 2.45) is 0 Å². The minimum Gasteiger partial charge on any atom is -0.486 e. The van der Waals surface area contributed by atoms with Gasteiger partial charge >= 0.3 is 0 Å². The molecule has 4 aromatic rings. The summed E-state index contributed by atoms with van der Waals surface area (Å²) in [7, 11) is 0. The molecule has 0 saturated carbocycles. The van der Waals surface area contributed by atoms with Crippen molar-refractivity contribution in [3.8, 4) is 17.5 Å². The molecule has 0 spiro atoms. The smallest absolute Gasteiger partial charge is 0.234 e. The number of hydrogen-bond acceptors (Lipinski definition) is 6. The molecule has 1 heterocycles. The first-order valence-electron chi connectivity index (χ1n) is 10.3. The van der Waals surface area contributed by atoms with Gasteiger partial charge in [-0.2, -0.15) is 5.26 Å². The number of aromatic nitrogens is 3. The summed E-state index contributed by atoms with van der Waals surface area (Å²) in [5, 5.41) is 21.5. The molecule has 0 aliphatic rings. The lowest BCUT2D eigenvalue weighted by atomic mass is 10.2. The number of thioether (sulfide) groups is 1. The van der Waals surface area contributed by atoms with Gasteiger partial charge in [0, 0.05) is 16.4 Å². The molecule has 0 bridgehead atoms. The third kappa shape index (κ3) is 5.76. The standard InChI is InChI=1S/C25H20ClN5O2S/c1-17-7-10-19(13-22(17)26)28-24(32)16-34-25-30-29-23(31(25)20-5-3-2-4-6-20)15-33-21-11-8-18(14-27)9-12-21/h2-13H,15-16H2,1H3,(H,28,32). The van der Waals surface area contributed by atoms with Crippen molar-refractivity contribution < 1.29 is 9.53 Å². The third-order valence-corrected chi connectivity index (χ3v) is 6.19. The molecule has 170 valence electrons. The van der Waals surface area contributed by atoms with E-state index >= 15 is 0 Å². The van der Waals surface area contributed by atoms with Crippen LogP contribution in [0.1, 0.15) is 17.0 Å². The van der Waals surface area contributed by atoms with Gasteiger partial charge in [-0.15, -0.1) is 10.2 Å². The second-order valence-corrected chi connectivity index (χ2v) is 8.65. The number of anilines is 1. The summed E-state index contributed by atoms with van der Waals surface area (Å²) in [6.45, 7) is 2.07. The fraction of sp³-hybridized carbons (Fsp3) is 0.120. The monoisotopic (exact) mass is 489 g/mol. The van der Waals surface area contributed by atoms with E-state index in [4.69, 9.17) is 21.6 Å². The average Bonchev–Trinajstić information content (AvgIpc) is 3.27. The molecule has 1 N–H and O–H groups in total. The number of nitriles is 1. The number of nitrogens with one attached hydrogen (secondary N) is 1. The van der Waals surface area contributed by atoms with Crippen molar-refractivity contribution in [2.45, 2.75) is 18.7 Å². The zero-order chi connectivity index (χ0) is 23.9. The predicted molar refractivity (Wildman–Crippen MR) is 132 cm³/mol. The van der Waals surface area contributed by atoms with Crippen LogP contribution >= 0.6 is 23.4 Å². The summed E-state index contributed by atoms with van der Waals surface area (Å²) >= 11 is 7.42. The van der Waals surface area contributed by atoms with Crippen LogP contribution < -0.4 is 10.1 Å². The van der Waals surface area contributed by atoms with E-state index < -0.39 is 0 Å². The molecule has 0 aliphatic heterocycles. The number of hydrogen-bond donors (Lipinski definition) is 1. The van der Waals surface area contributed by atoms with Gasteiger partial charge in [0.1, 0.15) is 12.4 Å². The van der Waals surface area contributed by atoms with Crippen LogP contribution in [0.2, 0.25) is 5.02 Å². The van der Waals surface area contributed by atoms with Gasteiger partial charge in [0.05, 0.1) is 17.4 Å². The number of aryl methyl sites for hydroxylation is 1. The van der Waals surface area contributed by atoms with Gasteiger partial charge in [-0.25, -0.2) is 0 Å². The Morgan fingerprint density at radius 3 is 2.59 bits per heavy atom. The molecule has 0 unspecified atom stereocenters. The molecule has 3 aromatic carbocycles. The van der Waals surface area contributed by atoms with E-state index in [1.165, 1.54) is 11.8 Å². The second-order valence-electron chi connectivity index (χ2n) is 7.30. The van der Waals surface area contributed by atoms with Gasteiger partial charge in [0.2, 0.25) is 5.91 Å². The first kappa shape index (κ1) is 23.4. The molecular weight excluding hydrogens is 470 g/mol. The number of amides is 1. The zero-order valence-corrected chi connectivity index (χ0v) is 19.8. The van der Waals surface area contributed by atoms with Gasteiger partial charge in [0.15, 0.2) is 11.0 Å². The summed E-state index contributed by atoms with van der Waals surface area (Å²) in [6, 6.07) is 24.0. The number of para-hydroxylation sites is 1. The summed E-state index contributed by atoms with van der Waals surface area (Å²) in [5.41, 5.74) is 3.01. The Labute approximate surface area is 206 Å². The molecule has 34 heavy (non-hydrogen) atoms. The third-order valence-electron chi connectivity index (χ3n) is 4.85. The topological polar surface area (TPSA) is 92.8 Å². The minimum absolute atomic E-state index is 0.146. The number of carbonyl (C=O) groups excluding carboxylic acids is 1. The Morgan fingerprint density at radius 2 is 1.88 bits per heavy atom. The molecular formula is C25H20ClN5O2S. The molecule has 0 saturated heterocycles. The molecule has 0 fully saturated rings. The van der Waals surface area contributed by atoms with Crippen LogP contribution in [-0.2, 0) is 11.4 Å². The maximum absolute atomic E-state index is 12.5. The van der Waals surface area contributed by atoms with E-state index in [0.717, 1.165) is 11.3 Å². The summed E-state index contributed by atoms with van der Waals surface area (Å²) < 4.78 is 7.72. The van der Waals surface area contributed by atoms with Gasteiger partial charge in [-0.3, -0.25) is 9.36 Å². The highest BCUT2D eigenvalue weighted by molar-refractivity contribution is 7.99. The van der Waals surface area contributed by atoms with Crippen LogP contribution in [-0.4, -0.2) is 26.4 Å². The highest BCUT2D eigenvalue weighted by Crippen LogP contribution is 2.24. The number of carbonyl (C=O) groups is 1. The number of nitrogens with zero attached hydrogens (tertiary/aromatic N) is 4. The Hall–Kier alpha value is -3.80. The molecule has 1 amide bonds. The van der Waals surface area contributed by atoms with Crippen LogP contribution in [0.5, 0.6) is 5.75 Å². The summed E-state index contributed by atoms with van der Waals surface area (Å²) in [5.74, 6) is 1.17. The largest absolute Gasteiger partial charge is 0.486 e. The predicted octanol–water partition coefficient (Wildman–Crippen LogP) is 5.41. The lowest BCUT2D eigenvalue weighted by Gasteiger charge is -2.11. The lowest BCUT2D eigenvalue weighted by molar-refractivity contribution is -0.113. The Bertz CT molecular complexity index is 1330. The van der Waals surface area contributed by atoms with E-state index in [1.54, 1.807) is 30.3 Å². The van der Waals surface area contributed by atoms with Crippen LogP contribution in [0.25, 0.3) is 5.69 Å². The van der Waals surface area contributed by atoms with Crippen LogP contribution in [0.3, 0.4) is 0 Å². The van der Waals surface area contributed by atoms with Gasteiger partial charge < -0.3 is 10.1 Å². The first-order chi connectivity index (χ1) is 16.5. The summed E-state index contributed by atoms with van der Waals surface area (Å²) in [4.78, 5) is 12.5.